The predicted molar refractivity (Wildman–Crippen MR) is 66.8 cm³/mol. The van der Waals surface area contributed by atoms with Crippen LogP contribution in [0.5, 0.6) is 0 Å². The van der Waals surface area contributed by atoms with E-state index >= 15 is 0 Å². The van der Waals surface area contributed by atoms with Gasteiger partial charge < -0.3 is 0 Å². The van der Waals surface area contributed by atoms with E-state index in [0.717, 1.165) is 25.7 Å². The van der Waals surface area contributed by atoms with Crippen LogP contribution in [0.1, 0.15) is 6.92 Å². The minimum atomic E-state index is 0.742. The van der Waals surface area contributed by atoms with Crippen LogP contribution in [-0.4, -0.2) is 16.0 Å². The first kappa shape index (κ1) is 10.9. The van der Waals surface area contributed by atoms with Crippen molar-refractivity contribution >= 4 is 34.7 Å². The summed E-state index contributed by atoms with van der Waals surface area (Å²) < 4.78 is 1.02. The van der Waals surface area contributed by atoms with Crippen molar-refractivity contribution in [2.24, 2.45) is 0 Å². The van der Waals surface area contributed by atoms with E-state index in [1.54, 1.807) is 23.1 Å². The lowest BCUT2D eigenvalue weighted by atomic mass is 10.2. The van der Waals surface area contributed by atoms with Crippen molar-refractivity contribution in [3.8, 4) is 10.6 Å². The van der Waals surface area contributed by atoms with Gasteiger partial charge in [0.25, 0.3) is 0 Å². The fourth-order valence-electron chi connectivity index (χ4n) is 1.10. The Bertz CT molecular complexity index is 439. The number of rotatable bonds is 3. The Balaban J connectivity index is 2.25. The smallest absolute Gasteiger partial charge is 0.137 e. The number of nitrogens with zero attached hydrogens (tertiary/aromatic N) is 2. The van der Waals surface area contributed by atoms with E-state index < -0.39 is 0 Å². The lowest BCUT2D eigenvalue weighted by Crippen LogP contribution is -1.75. The molecule has 0 fully saturated rings. The number of hydrogen-bond acceptors (Lipinski definition) is 4. The summed E-state index contributed by atoms with van der Waals surface area (Å²) in [6, 6.07) is 7.66. The fourth-order valence-corrected chi connectivity index (χ4v) is 2.98. The van der Waals surface area contributed by atoms with Gasteiger partial charge in [0.2, 0.25) is 0 Å². The second-order valence-electron chi connectivity index (χ2n) is 2.81. The molecule has 0 unspecified atom stereocenters. The maximum absolute atomic E-state index is 5.82. The fraction of sp³-hybridized carbons (Fsp3) is 0.200. The van der Waals surface area contributed by atoms with Crippen molar-refractivity contribution in [3.05, 3.63) is 29.3 Å². The van der Waals surface area contributed by atoms with Crippen LogP contribution in [0.2, 0.25) is 5.02 Å². The van der Waals surface area contributed by atoms with Crippen LogP contribution >= 0.6 is 34.7 Å². The third-order valence-corrected chi connectivity index (χ3v) is 4.01. The molecule has 78 valence electrons. The molecule has 2 aromatic rings. The molecule has 0 N–H and O–H groups in total. The summed E-state index contributed by atoms with van der Waals surface area (Å²) in [4.78, 5) is 0. The van der Waals surface area contributed by atoms with Gasteiger partial charge in [-0.05, 0) is 17.9 Å². The molecule has 0 aliphatic heterocycles. The van der Waals surface area contributed by atoms with Crippen molar-refractivity contribution in [1.29, 1.82) is 0 Å². The lowest BCUT2D eigenvalue weighted by molar-refractivity contribution is 1.01. The molecule has 0 spiro atoms. The highest BCUT2D eigenvalue weighted by Crippen LogP contribution is 2.29. The molecule has 2 nitrogen and oxygen atoms in total. The summed E-state index contributed by atoms with van der Waals surface area (Å²) in [6.07, 6.45) is 0. The predicted octanol–water partition coefficient (Wildman–Crippen LogP) is 3.97. The molecular weight excluding hydrogens is 248 g/mol. The van der Waals surface area contributed by atoms with Crippen LogP contribution in [0.3, 0.4) is 0 Å². The molecule has 1 aromatic heterocycles. The van der Waals surface area contributed by atoms with E-state index in [0.29, 0.717) is 0 Å². The molecule has 0 atom stereocenters. The Morgan fingerprint density at radius 1 is 1.27 bits per heavy atom. The first-order chi connectivity index (χ1) is 7.29. The zero-order valence-corrected chi connectivity index (χ0v) is 10.5. The normalized spacial score (nSPS) is 10.5. The first-order valence-electron chi connectivity index (χ1n) is 4.52. The lowest BCUT2D eigenvalue weighted by Gasteiger charge is -1.93. The van der Waals surface area contributed by atoms with Crippen LogP contribution in [0.4, 0.5) is 0 Å². The minimum Gasteiger partial charge on any atom is -0.137 e. The number of aromatic nitrogens is 2. The average molecular weight is 257 g/mol. The molecule has 15 heavy (non-hydrogen) atoms. The van der Waals surface area contributed by atoms with E-state index in [2.05, 4.69) is 17.1 Å². The van der Waals surface area contributed by atoms with E-state index in [9.17, 15) is 0 Å². The summed E-state index contributed by atoms with van der Waals surface area (Å²) in [5.74, 6) is 1.02. The molecule has 0 amide bonds. The minimum absolute atomic E-state index is 0.742. The van der Waals surface area contributed by atoms with Gasteiger partial charge in [0.05, 0.1) is 0 Å². The molecule has 0 bridgehead atoms. The molecule has 5 heteroatoms. The van der Waals surface area contributed by atoms with Crippen molar-refractivity contribution < 1.29 is 0 Å². The molecular formula is C10H9ClN2S2. The zero-order valence-electron chi connectivity index (χ0n) is 8.11. The van der Waals surface area contributed by atoms with Gasteiger partial charge in [-0.2, -0.15) is 0 Å². The molecule has 0 saturated carbocycles. The number of hydrogen-bond donors (Lipinski definition) is 0. The quantitative estimate of drug-likeness (QED) is 0.777. The molecule has 0 aliphatic carbocycles. The van der Waals surface area contributed by atoms with Crippen LogP contribution in [0.15, 0.2) is 28.6 Å². The monoisotopic (exact) mass is 256 g/mol. The zero-order chi connectivity index (χ0) is 10.7. The number of benzene rings is 1. The van der Waals surface area contributed by atoms with Gasteiger partial charge in [-0.1, -0.05) is 53.8 Å². The van der Waals surface area contributed by atoms with Crippen molar-refractivity contribution in [2.75, 3.05) is 5.75 Å². The van der Waals surface area contributed by atoms with E-state index in [1.807, 2.05) is 24.3 Å². The Morgan fingerprint density at radius 3 is 2.67 bits per heavy atom. The summed E-state index contributed by atoms with van der Waals surface area (Å²) in [6.45, 7) is 2.11. The van der Waals surface area contributed by atoms with E-state index in [4.69, 9.17) is 11.6 Å². The van der Waals surface area contributed by atoms with Crippen LogP contribution in [0, 0.1) is 0 Å². The van der Waals surface area contributed by atoms with Gasteiger partial charge >= 0.3 is 0 Å². The van der Waals surface area contributed by atoms with E-state index in [1.165, 1.54) is 0 Å². The topological polar surface area (TPSA) is 25.8 Å². The summed E-state index contributed by atoms with van der Waals surface area (Å²) in [5, 5.41) is 9.93. The first-order valence-corrected chi connectivity index (χ1v) is 6.70. The Labute approximate surface area is 102 Å². The van der Waals surface area contributed by atoms with Gasteiger partial charge in [0.1, 0.15) is 5.01 Å². The molecule has 1 heterocycles. The Kier molecular flexibility index (Phi) is 3.61. The average Bonchev–Trinajstić information content (AvgIpc) is 2.68. The molecule has 0 aliphatic rings. The van der Waals surface area contributed by atoms with Gasteiger partial charge in [-0.25, -0.2) is 0 Å². The van der Waals surface area contributed by atoms with Crippen LogP contribution in [0.25, 0.3) is 10.6 Å². The Hall–Kier alpha value is -0.580. The third kappa shape index (κ3) is 2.71. The van der Waals surface area contributed by atoms with Crippen molar-refractivity contribution in [1.82, 2.24) is 10.2 Å². The highest BCUT2D eigenvalue weighted by atomic mass is 35.5. The highest BCUT2D eigenvalue weighted by molar-refractivity contribution is 8.01. The summed E-state index contributed by atoms with van der Waals surface area (Å²) >= 11 is 9.14. The van der Waals surface area contributed by atoms with Gasteiger partial charge in [0, 0.05) is 10.6 Å². The standard InChI is InChI=1S/C10H9ClN2S2/c1-2-14-10-13-12-9(15-10)7-3-5-8(11)6-4-7/h3-6H,2H2,1H3. The SMILES string of the molecule is CCSc1nnc(-c2ccc(Cl)cc2)s1. The van der Waals surface area contributed by atoms with Crippen molar-refractivity contribution in [3.63, 3.8) is 0 Å². The molecule has 0 radical (unpaired) electrons. The van der Waals surface area contributed by atoms with Gasteiger partial charge in [0.15, 0.2) is 4.34 Å². The van der Waals surface area contributed by atoms with Gasteiger partial charge in [-0.3, -0.25) is 0 Å². The molecule has 1 aromatic carbocycles. The summed E-state index contributed by atoms with van der Waals surface area (Å²) in [5.41, 5.74) is 1.07. The van der Waals surface area contributed by atoms with Crippen LogP contribution < -0.4 is 0 Å². The van der Waals surface area contributed by atoms with Crippen molar-refractivity contribution in [2.45, 2.75) is 11.3 Å². The highest BCUT2D eigenvalue weighted by Gasteiger charge is 2.05. The van der Waals surface area contributed by atoms with E-state index in [-0.39, 0.29) is 0 Å². The largest absolute Gasteiger partial charge is 0.174 e. The third-order valence-electron chi connectivity index (χ3n) is 1.77. The van der Waals surface area contributed by atoms with Gasteiger partial charge in [-0.15, -0.1) is 10.2 Å². The summed E-state index contributed by atoms with van der Waals surface area (Å²) in [7, 11) is 0. The van der Waals surface area contributed by atoms with Crippen LogP contribution in [-0.2, 0) is 0 Å². The number of thioether (sulfide) groups is 1. The molecule has 2 rings (SSSR count). The molecule has 0 saturated heterocycles. The number of halogens is 1. The Morgan fingerprint density at radius 2 is 2.00 bits per heavy atom. The second-order valence-corrected chi connectivity index (χ2v) is 5.74. The maximum atomic E-state index is 5.82. The maximum Gasteiger partial charge on any atom is 0.174 e. The second kappa shape index (κ2) is 4.96.